The molecule has 0 amide bonds. The van der Waals surface area contributed by atoms with E-state index in [2.05, 4.69) is 24.3 Å². The Morgan fingerprint density at radius 2 is 1.63 bits per heavy atom. The number of nitrogens with two attached hydrogens (primary N) is 1. The summed E-state index contributed by atoms with van der Waals surface area (Å²) in [6, 6.07) is 16.2. The molecule has 0 radical (unpaired) electrons. The molecule has 0 atom stereocenters. The molecule has 1 aliphatic rings. The highest BCUT2D eigenvalue weighted by Crippen LogP contribution is 2.49. The van der Waals surface area contributed by atoms with Crippen molar-refractivity contribution in [2.45, 2.75) is 24.3 Å². The van der Waals surface area contributed by atoms with E-state index in [4.69, 9.17) is 28.9 Å². The van der Waals surface area contributed by atoms with Gasteiger partial charge in [0.25, 0.3) is 0 Å². The van der Waals surface area contributed by atoms with Crippen LogP contribution in [0.3, 0.4) is 0 Å². The lowest BCUT2D eigenvalue weighted by molar-refractivity contribution is 0.209. The maximum Gasteiger partial charge on any atom is 0.0595 e. The van der Waals surface area contributed by atoms with Gasteiger partial charge < -0.3 is 5.73 Å². The smallest absolute Gasteiger partial charge is 0.0595 e. The zero-order valence-corrected chi connectivity index (χ0v) is 12.0. The molecule has 1 nitrogen and oxygen atoms in total. The first-order valence-electron chi connectivity index (χ1n) is 6.38. The second-order valence-electron chi connectivity index (χ2n) is 5.30. The Morgan fingerprint density at radius 3 is 2.26 bits per heavy atom. The Hall–Kier alpha value is -1.02. The molecule has 0 unspecified atom stereocenters. The molecular weight excluding hydrogens is 277 g/mol. The number of benzene rings is 2. The zero-order valence-electron chi connectivity index (χ0n) is 10.4. The van der Waals surface area contributed by atoms with Crippen molar-refractivity contribution in [3.63, 3.8) is 0 Å². The molecule has 2 N–H and O–H groups in total. The third-order valence-electron chi connectivity index (χ3n) is 3.99. The van der Waals surface area contributed by atoms with Crippen LogP contribution in [0.4, 0.5) is 0 Å². The maximum absolute atomic E-state index is 6.47. The van der Waals surface area contributed by atoms with Gasteiger partial charge in [0.15, 0.2) is 0 Å². The van der Waals surface area contributed by atoms with Crippen LogP contribution in [-0.2, 0) is 5.54 Å². The van der Waals surface area contributed by atoms with E-state index in [1.807, 2.05) is 24.3 Å². The highest BCUT2D eigenvalue weighted by Gasteiger charge is 2.42. The molecule has 0 bridgehead atoms. The van der Waals surface area contributed by atoms with Crippen molar-refractivity contribution in [2.24, 2.45) is 5.73 Å². The first-order valence-corrected chi connectivity index (χ1v) is 7.13. The van der Waals surface area contributed by atoms with Crippen LogP contribution in [0.1, 0.15) is 29.9 Å². The van der Waals surface area contributed by atoms with Crippen molar-refractivity contribution in [2.75, 3.05) is 0 Å². The predicted molar refractivity (Wildman–Crippen MR) is 80.7 cm³/mol. The van der Waals surface area contributed by atoms with Crippen molar-refractivity contribution in [3.8, 4) is 0 Å². The first kappa shape index (κ1) is 13.0. The van der Waals surface area contributed by atoms with Gasteiger partial charge in [-0.2, -0.15) is 0 Å². The largest absolute Gasteiger partial charge is 0.321 e. The molecule has 3 rings (SSSR count). The minimum Gasteiger partial charge on any atom is -0.321 e. The summed E-state index contributed by atoms with van der Waals surface area (Å²) >= 11 is 12.0. The Kier molecular flexibility index (Phi) is 3.30. The van der Waals surface area contributed by atoms with Gasteiger partial charge >= 0.3 is 0 Å². The average molecular weight is 292 g/mol. The van der Waals surface area contributed by atoms with Crippen molar-refractivity contribution in [3.05, 3.63) is 69.7 Å². The summed E-state index contributed by atoms with van der Waals surface area (Å²) in [7, 11) is 0. The van der Waals surface area contributed by atoms with Gasteiger partial charge in [-0.05, 0) is 42.0 Å². The molecule has 1 aliphatic carbocycles. The van der Waals surface area contributed by atoms with Gasteiger partial charge in [-0.1, -0.05) is 59.6 Å². The van der Waals surface area contributed by atoms with Crippen molar-refractivity contribution >= 4 is 23.2 Å². The number of hydrogen-bond acceptors (Lipinski definition) is 1. The molecule has 19 heavy (non-hydrogen) atoms. The minimum absolute atomic E-state index is 0.269. The van der Waals surface area contributed by atoms with Crippen LogP contribution in [0.15, 0.2) is 48.5 Å². The van der Waals surface area contributed by atoms with Crippen molar-refractivity contribution in [1.29, 1.82) is 0 Å². The Labute approximate surface area is 123 Å². The summed E-state index contributed by atoms with van der Waals surface area (Å²) in [5.74, 6) is 0.542. The summed E-state index contributed by atoms with van der Waals surface area (Å²) < 4.78 is 0. The van der Waals surface area contributed by atoms with Gasteiger partial charge in [-0.15, -0.1) is 0 Å². The van der Waals surface area contributed by atoms with Gasteiger partial charge in [-0.25, -0.2) is 0 Å². The zero-order chi connectivity index (χ0) is 13.5. The topological polar surface area (TPSA) is 26.0 Å². The van der Waals surface area contributed by atoms with E-state index in [0.717, 1.165) is 18.4 Å². The molecule has 1 saturated carbocycles. The molecule has 0 heterocycles. The van der Waals surface area contributed by atoms with E-state index in [1.165, 1.54) is 5.56 Å². The summed E-state index contributed by atoms with van der Waals surface area (Å²) in [5.41, 5.74) is 8.64. The summed E-state index contributed by atoms with van der Waals surface area (Å²) in [6.45, 7) is 0. The number of hydrogen-bond donors (Lipinski definition) is 1. The number of halogens is 2. The van der Waals surface area contributed by atoms with E-state index in [1.54, 1.807) is 0 Å². The van der Waals surface area contributed by atoms with Crippen LogP contribution in [0, 0.1) is 0 Å². The second-order valence-corrected chi connectivity index (χ2v) is 6.12. The van der Waals surface area contributed by atoms with Crippen LogP contribution in [0.5, 0.6) is 0 Å². The second kappa shape index (κ2) is 4.82. The van der Waals surface area contributed by atoms with Crippen molar-refractivity contribution < 1.29 is 0 Å². The Morgan fingerprint density at radius 1 is 0.947 bits per heavy atom. The summed E-state index contributed by atoms with van der Waals surface area (Å²) in [5, 5.41) is 1.15. The normalized spacial score (nSPS) is 25.9. The summed E-state index contributed by atoms with van der Waals surface area (Å²) in [4.78, 5) is 0. The third-order valence-corrected chi connectivity index (χ3v) is 4.73. The average Bonchev–Trinajstić information content (AvgIpc) is 2.39. The minimum atomic E-state index is -0.269. The molecule has 2 aromatic carbocycles. The summed E-state index contributed by atoms with van der Waals surface area (Å²) in [6.07, 6.45) is 1.91. The molecule has 0 aliphatic heterocycles. The molecule has 2 aromatic rings. The van der Waals surface area contributed by atoms with E-state index in [0.29, 0.717) is 16.0 Å². The highest BCUT2D eigenvalue weighted by molar-refractivity contribution is 6.42. The molecule has 0 saturated heterocycles. The number of rotatable bonds is 2. The lowest BCUT2D eigenvalue weighted by Crippen LogP contribution is -2.47. The standard InChI is InChI=1S/C16H15Cl2N/c17-14-7-6-13(8-15(14)18)16(19)9-12(10-16)11-4-2-1-3-5-11/h1-8,12H,9-10,19H2. The first-order chi connectivity index (χ1) is 9.08. The molecule has 0 spiro atoms. The lowest BCUT2D eigenvalue weighted by atomic mass is 9.63. The van der Waals surface area contributed by atoms with Gasteiger partial charge in [0.1, 0.15) is 0 Å². The Balaban J connectivity index is 1.79. The molecule has 3 heteroatoms. The third kappa shape index (κ3) is 2.38. The maximum atomic E-state index is 6.47. The van der Waals surface area contributed by atoms with Crippen LogP contribution >= 0.6 is 23.2 Å². The quantitative estimate of drug-likeness (QED) is 0.851. The van der Waals surface area contributed by atoms with E-state index in [9.17, 15) is 0 Å². The molecule has 98 valence electrons. The van der Waals surface area contributed by atoms with E-state index >= 15 is 0 Å². The highest BCUT2D eigenvalue weighted by atomic mass is 35.5. The van der Waals surface area contributed by atoms with Crippen LogP contribution < -0.4 is 5.73 Å². The molecular formula is C16H15Cl2N. The van der Waals surface area contributed by atoms with Gasteiger partial charge in [0, 0.05) is 5.54 Å². The molecule has 0 aromatic heterocycles. The van der Waals surface area contributed by atoms with Crippen LogP contribution in [0.2, 0.25) is 10.0 Å². The molecule has 1 fully saturated rings. The predicted octanol–water partition coefficient (Wildman–Crippen LogP) is 4.73. The van der Waals surface area contributed by atoms with E-state index < -0.39 is 0 Å². The fraction of sp³-hybridized carbons (Fsp3) is 0.250. The van der Waals surface area contributed by atoms with Crippen molar-refractivity contribution in [1.82, 2.24) is 0 Å². The van der Waals surface area contributed by atoms with Gasteiger partial charge in [0.05, 0.1) is 10.0 Å². The van der Waals surface area contributed by atoms with Crippen LogP contribution in [0.25, 0.3) is 0 Å². The van der Waals surface area contributed by atoms with E-state index in [-0.39, 0.29) is 5.54 Å². The Bertz CT molecular complexity index is 589. The fourth-order valence-electron chi connectivity index (χ4n) is 2.82. The van der Waals surface area contributed by atoms with Gasteiger partial charge in [-0.3, -0.25) is 0 Å². The van der Waals surface area contributed by atoms with Gasteiger partial charge in [0.2, 0.25) is 0 Å². The SMILES string of the molecule is NC1(c2ccc(Cl)c(Cl)c2)CC(c2ccccc2)C1. The lowest BCUT2D eigenvalue weighted by Gasteiger charge is -2.46. The fourth-order valence-corrected chi connectivity index (χ4v) is 3.12. The monoisotopic (exact) mass is 291 g/mol. The van der Waals surface area contributed by atoms with Crippen LogP contribution in [-0.4, -0.2) is 0 Å².